The van der Waals surface area contributed by atoms with E-state index in [0.717, 1.165) is 77.0 Å². The first-order valence-corrected chi connectivity index (χ1v) is 34.1. The molecular formula is C73H128O6. The molecule has 0 radical (unpaired) electrons. The van der Waals surface area contributed by atoms with Crippen LogP contribution < -0.4 is 0 Å². The van der Waals surface area contributed by atoms with E-state index in [0.29, 0.717) is 19.3 Å². The van der Waals surface area contributed by atoms with Crippen LogP contribution in [0.4, 0.5) is 0 Å². The molecule has 0 unspecified atom stereocenters. The lowest BCUT2D eigenvalue weighted by atomic mass is 10.0. The lowest BCUT2D eigenvalue weighted by Gasteiger charge is -2.18. The molecule has 0 rings (SSSR count). The van der Waals surface area contributed by atoms with Crippen molar-refractivity contribution < 1.29 is 28.6 Å². The summed E-state index contributed by atoms with van der Waals surface area (Å²) in [5.41, 5.74) is 0. The van der Waals surface area contributed by atoms with Crippen molar-refractivity contribution in [1.29, 1.82) is 0 Å². The summed E-state index contributed by atoms with van der Waals surface area (Å²) in [5, 5.41) is 0. The summed E-state index contributed by atoms with van der Waals surface area (Å²) in [6.45, 7) is 6.51. The molecule has 0 saturated heterocycles. The predicted molar refractivity (Wildman–Crippen MR) is 344 cm³/mol. The maximum Gasteiger partial charge on any atom is 0.306 e. The number of carbonyl (C=O) groups is 3. The SMILES string of the molecule is CC/C=C\C/C=C\C/C=C\C/C=C\C/C=C\C/C=C\CCC(=O)O[C@H](COC(=O)CCCCCCCCCCCCC/C=C\CCCCCCCC)COC(=O)CCCCCCCCCCCCCCCCCCCCCCC. The zero-order valence-corrected chi connectivity index (χ0v) is 52.4. The molecule has 1 atom stereocenters. The van der Waals surface area contributed by atoms with Crippen LogP contribution >= 0.6 is 0 Å². The molecule has 79 heavy (non-hydrogen) atoms. The van der Waals surface area contributed by atoms with Gasteiger partial charge in [-0.2, -0.15) is 0 Å². The van der Waals surface area contributed by atoms with E-state index in [1.165, 1.54) is 218 Å². The Balaban J connectivity index is 4.43. The Kier molecular flexibility index (Phi) is 64.2. The van der Waals surface area contributed by atoms with E-state index in [1.54, 1.807) is 0 Å². The van der Waals surface area contributed by atoms with Crippen molar-refractivity contribution in [1.82, 2.24) is 0 Å². The third-order valence-corrected chi connectivity index (χ3v) is 14.9. The van der Waals surface area contributed by atoms with Gasteiger partial charge in [0.25, 0.3) is 0 Å². The van der Waals surface area contributed by atoms with Crippen LogP contribution in [-0.4, -0.2) is 37.2 Å². The molecule has 0 aliphatic heterocycles. The van der Waals surface area contributed by atoms with Gasteiger partial charge < -0.3 is 14.2 Å². The number of carbonyl (C=O) groups excluding carboxylic acids is 3. The van der Waals surface area contributed by atoms with E-state index >= 15 is 0 Å². The molecule has 6 heteroatoms. The molecule has 0 spiro atoms. The largest absolute Gasteiger partial charge is 0.462 e. The number of hydrogen-bond donors (Lipinski definition) is 0. The average Bonchev–Trinajstić information content (AvgIpc) is 3.45. The minimum atomic E-state index is -0.818. The number of ether oxygens (including phenoxy) is 3. The fourth-order valence-corrected chi connectivity index (χ4v) is 9.82. The van der Waals surface area contributed by atoms with Crippen molar-refractivity contribution in [3.05, 3.63) is 85.1 Å². The van der Waals surface area contributed by atoms with Gasteiger partial charge in [-0.25, -0.2) is 0 Å². The van der Waals surface area contributed by atoms with Crippen LogP contribution in [-0.2, 0) is 28.6 Å². The minimum Gasteiger partial charge on any atom is -0.462 e. The molecule has 0 saturated carbocycles. The van der Waals surface area contributed by atoms with Crippen LogP contribution in [0, 0.1) is 0 Å². The van der Waals surface area contributed by atoms with Crippen LogP contribution in [0.1, 0.15) is 342 Å². The Hall–Kier alpha value is -3.41. The second-order valence-electron chi connectivity index (χ2n) is 22.7. The molecule has 0 aliphatic rings. The maximum absolute atomic E-state index is 12.9. The second kappa shape index (κ2) is 67.1. The molecule has 0 bridgehead atoms. The molecule has 0 aliphatic carbocycles. The summed E-state index contributed by atoms with van der Waals surface area (Å²) in [4.78, 5) is 38.4. The zero-order valence-electron chi connectivity index (χ0n) is 52.4. The van der Waals surface area contributed by atoms with E-state index < -0.39 is 6.10 Å². The number of rotatable bonds is 62. The molecule has 0 aromatic heterocycles. The van der Waals surface area contributed by atoms with Gasteiger partial charge in [-0.15, -0.1) is 0 Å². The topological polar surface area (TPSA) is 78.9 Å². The highest BCUT2D eigenvalue weighted by Gasteiger charge is 2.19. The van der Waals surface area contributed by atoms with Crippen molar-refractivity contribution in [3.63, 3.8) is 0 Å². The van der Waals surface area contributed by atoms with Crippen molar-refractivity contribution in [2.45, 2.75) is 348 Å². The second-order valence-corrected chi connectivity index (χ2v) is 22.7. The van der Waals surface area contributed by atoms with Crippen molar-refractivity contribution in [2.75, 3.05) is 13.2 Å². The number of allylic oxidation sites excluding steroid dienone is 14. The van der Waals surface area contributed by atoms with E-state index in [9.17, 15) is 14.4 Å². The third-order valence-electron chi connectivity index (χ3n) is 14.9. The monoisotopic (exact) mass is 1100 g/mol. The first kappa shape index (κ1) is 75.6. The Morgan fingerprint density at radius 2 is 0.519 bits per heavy atom. The molecule has 6 nitrogen and oxygen atoms in total. The van der Waals surface area contributed by atoms with Gasteiger partial charge in [0.15, 0.2) is 6.10 Å². The number of esters is 3. The summed E-state index contributed by atoms with van der Waals surface area (Å²) in [5.74, 6) is -0.971. The third kappa shape index (κ3) is 65.3. The highest BCUT2D eigenvalue weighted by atomic mass is 16.6. The Morgan fingerprint density at radius 1 is 0.266 bits per heavy atom. The molecule has 0 aromatic rings. The van der Waals surface area contributed by atoms with E-state index in [2.05, 4.69) is 99.8 Å². The zero-order chi connectivity index (χ0) is 57.1. The first-order valence-electron chi connectivity index (χ1n) is 34.1. The molecule has 0 amide bonds. The predicted octanol–water partition coefficient (Wildman–Crippen LogP) is 23.4. The molecule has 0 N–H and O–H groups in total. The van der Waals surface area contributed by atoms with E-state index in [-0.39, 0.29) is 37.5 Å². The smallest absolute Gasteiger partial charge is 0.306 e. The molecular weight excluding hydrogens is 973 g/mol. The minimum absolute atomic E-state index is 0.103. The van der Waals surface area contributed by atoms with Crippen LogP contribution in [0.3, 0.4) is 0 Å². The molecule has 0 fully saturated rings. The number of hydrogen-bond acceptors (Lipinski definition) is 6. The van der Waals surface area contributed by atoms with Crippen molar-refractivity contribution >= 4 is 17.9 Å². The Morgan fingerprint density at radius 3 is 0.823 bits per heavy atom. The summed E-state index contributed by atoms with van der Waals surface area (Å²) in [7, 11) is 0. The van der Waals surface area contributed by atoms with Crippen LogP contribution in [0.25, 0.3) is 0 Å². The lowest BCUT2D eigenvalue weighted by Crippen LogP contribution is -2.30. The van der Waals surface area contributed by atoms with Gasteiger partial charge >= 0.3 is 17.9 Å². The number of unbranched alkanes of at least 4 members (excludes halogenated alkanes) is 37. The van der Waals surface area contributed by atoms with Crippen LogP contribution in [0.2, 0.25) is 0 Å². The van der Waals surface area contributed by atoms with Crippen LogP contribution in [0.15, 0.2) is 85.1 Å². The maximum atomic E-state index is 12.9. The van der Waals surface area contributed by atoms with Crippen molar-refractivity contribution in [2.24, 2.45) is 0 Å². The highest BCUT2D eigenvalue weighted by Crippen LogP contribution is 2.17. The standard InChI is InChI=1S/C73H128O6/c1-4-7-10-13-16-19-22-25-28-31-34-36-39-41-44-47-50-53-56-59-62-65-71(74)77-68-70(79-73(76)67-64-61-58-55-52-49-46-43-38-33-30-27-24-21-18-15-12-9-6-3)69-78-72(75)66-63-60-57-54-51-48-45-42-40-37-35-32-29-26-23-20-17-14-11-8-5-2/h9,12,18,21,25,27-28,30,38,43,49,52,58,61,70H,4-8,10-11,13-17,19-20,22-24,26,29,31-37,39-42,44-48,50-51,53-57,59-60,62-69H2,1-3H3/b12-9-,21-18-,28-25-,30-27-,43-38-,52-49-,61-58-/t70-/m1/s1. The summed E-state index contributed by atoms with van der Waals surface area (Å²) in [6, 6.07) is 0. The first-order chi connectivity index (χ1) is 39.0. The summed E-state index contributed by atoms with van der Waals surface area (Å²) in [6.07, 6.45) is 89.0. The quantitative estimate of drug-likeness (QED) is 0.0261. The van der Waals surface area contributed by atoms with Gasteiger partial charge in [0, 0.05) is 19.3 Å². The van der Waals surface area contributed by atoms with Crippen LogP contribution in [0.5, 0.6) is 0 Å². The van der Waals surface area contributed by atoms with Gasteiger partial charge in [0.05, 0.1) is 0 Å². The molecule has 456 valence electrons. The van der Waals surface area contributed by atoms with E-state index in [4.69, 9.17) is 14.2 Å². The fraction of sp³-hybridized carbons (Fsp3) is 0.767. The van der Waals surface area contributed by atoms with Gasteiger partial charge in [0.2, 0.25) is 0 Å². The summed E-state index contributed by atoms with van der Waals surface area (Å²) < 4.78 is 16.9. The Bertz CT molecular complexity index is 1500. The Labute approximate surface area is 490 Å². The fourth-order valence-electron chi connectivity index (χ4n) is 9.82. The molecule has 0 heterocycles. The van der Waals surface area contributed by atoms with Gasteiger partial charge in [-0.05, 0) is 83.5 Å². The normalized spacial score (nSPS) is 12.6. The molecule has 0 aromatic carbocycles. The highest BCUT2D eigenvalue weighted by molar-refractivity contribution is 5.71. The van der Waals surface area contributed by atoms with Crippen molar-refractivity contribution in [3.8, 4) is 0 Å². The average molecular weight is 1100 g/mol. The lowest BCUT2D eigenvalue weighted by molar-refractivity contribution is -0.166. The van der Waals surface area contributed by atoms with E-state index in [1.807, 2.05) is 6.08 Å². The van der Waals surface area contributed by atoms with Gasteiger partial charge in [-0.3, -0.25) is 14.4 Å². The summed E-state index contributed by atoms with van der Waals surface area (Å²) >= 11 is 0. The van der Waals surface area contributed by atoms with Gasteiger partial charge in [0.1, 0.15) is 13.2 Å². The van der Waals surface area contributed by atoms with Gasteiger partial charge in [-0.1, -0.05) is 324 Å².